The van der Waals surface area contributed by atoms with E-state index in [2.05, 4.69) is 45.1 Å². The molecule has 0 radical (unpaired) electrons. The molecule has 2 heteroatoms. The molecule has 118 valence electrons. The van der Waals surface area contributed by atoms with E-state index in [4.69, 9.17) is 0 Å². The molecule has 2 nitrogen and oxygen atoms in total. The van der Waals surface area contributed by atoms with Crippen LogP contribution in [0.2, 0.25) is 0 Å². The summed E-state index contributed by atoms with van der Waals surface area (Å²) in [7, 11) is 0. The van der Waals surface area contributed by atoms with Gasteiger partial charge in [0, 0.05) is 12.5 Å². The van der Waals surface area contributed by atoms with E-state index in [0.29, 0.717) is 11.8 Å². The quantitative estimate of drug-likeness (QED) is 0.689. The van der Waals surface area contributed by atoms with Crippen molar-refractivity contribution < 1.29 is 4.79 Å². The zero-order valence-electron chi connectivity index (χ0n) is 14.1. The number of unbranched alkanes of at least 4 members (excludes halogenated alkanes) is 2. The fourth-order valence-corrected chi connectivity index (χ4v) is 2.48. The lowest BCUT2D eigenvalue weighted by molar-refractivity contribution is -0.121. The number of amides is 1. The van der Waals surface area contributed by atoms with E-state index in [0.717, 1.165) is 19.3 Å². The van der Waals surface area contributed by atoms with E-state index in [9.17, 15) is 4.79 Å². The van der Waals surface area contributed by atoms with Crippen molar-refractivity contribution in [2.45, 2.75) is 72.3 Å². The molecule has 0 aromatic heterocycles. The Morgan fingerprint density at radius 1 is 1.10 bits per heavy atom. The van der Waals surface area contributed by atoms with Crippen molar-refractivity contribution in [2.75, 3.05) is 0 Å². The molecule has 0 unspecified atom stereocenters. The first kappa shape index (κ1) is 17.7. The summed E-state index contributed by atoms with van der Waals surface area (Å²) in [6.45, 7) is 8.88. The monoisotopic (exact) mass is 289 g/mol. The van der Waals surface area contributed by atoms with Gasteiger partial charge in [0.1, 0.15) is 0 Å². The molecule has 0 aliphatic carbocycles. The third kappa shape index (κ3) is 9.28. The van der Waals surface area contributed by atoms with E-state index in [1.54, 1.807) is 0 Å². The Kier molecular flexibility index (Phi) is 7.49. The summed E-state index contributed by atoms with van der Waals surface area (Å²) in [5.74, 6) is 0.189. The third-order valence-electron chi connectivity index (χ3n) is 3.62. The van der Waals surface area contributed by atoms with Crippen LogP contribution < -0.4 is 5.32 Å². The molecular formula is C19H31NO. The van der Waals surface area contributed by atoms with Crippen LogP contribution in [0.15, 0.2) is 30.3 Å². The Morgan fingerprint density at radius 2 is 1.76 bits per heavy atom. The third-order valence-corrected chi connectivity index (χ3v) is 3.62. The van der Waals surface area contributed by atoms with Crippen LogP contribution in [-0.4, -0.2) is 11.9 Å². The molecule has 0 fully saturated rings. The minimum atomic E-state index is 0.189. The van der Waals surface area contributed by atoms with Crippen LogP contribution in [0.25, 0.3) is 0 Å². The maximum Gasteiger partial charge on any atom is 0.220 e. The highest BCUT2D eigenvalue weighted by Gasteiger charge is 2.10. The summed E-state index contributed by atoms with van der Waals surface area (Å²) in [6, 6.07) is 10.5. The smallest absolute Gasteiger partial charge is 0.220 e. The van der Waals surface area contributed by atoms with Crippen LogP contribution in [0.3, 0.4) is 0 Å². The molecule has 1 aromatic rings. The second-order valence-corrected chi connectivity index (χ2v) is 7.28. The fraction of sp³-hybridized carbons (Fsp3) is 0.632. The lowest BCUT2D eigenvalue weighted by Gasteiger charge is -2.17. The van der Waals surface area contributed by atoms with Gasteiger partial charge in [-0.15, -0.1) is 0 Å². The molecule has 0 saturated heterocycles. The van der Waals surface area contributed by atoms with Crippen molar-refractivity contribution >= 4 is 5.91 Å². The Labute approximate surface area is 130 Å². The lowest BCUT2D eigenvalue weighted by Crippen LogP contribution is -2.33. The van der Waals surface area contributed by atoms with Crippen molar-refractivity contribution in [3.8, 4) is 0 Å². The minimum Gasteiger partial charge on any atom is -0.353 e. The van der Waals surface area contributed by atoms with Gasteiger partial charge in [-0.1, -0.05) is 63.9 Å². The van der Waals surface area contributed by atoms with Gasteiger partial charge in [0.25, 0.3) is 0 Å². The fourth-order valence-electron chi connectivity index (χ4n) is 2.48. The van der Waals surface area contributed by atoms with Crippen LogP contribution in [-0.2, 0) is 11.2 Å². The van der Waals surface area contributed by atoms with Crippen LogP contribution >= 0.6 is 0 Å². The largest absolute Gasteiger partial charge is 0.353 e. The number of rotatable bonds is 8. The maximum absolute atomic E-state index is 11.9. The van der Waals surface area contributed by atoms with Gasteiger partial charge >= 0.3 is 0 Å². The maximum atomic E-state index is 11.9. The Hall–Kier alpha value is -1.31. The molecule has 1 amide bonds. The van der Waals surface area contributed by atoms with Crippen molar-refractivity contribution in [2.24, 2.45) is 5.41 Å². The zero-order valence-corrected chi connectivity index (χ0v) is 14.1. The number of carbonyl (C=O) groups is 1. The number of hydrogen-bond donors (Lipinski definition) is 1. The SMILES string of the molecule is C[C@@H](Cc1ccccc1)NC(=O)CCCCCC(C)(C)C. The molecule has 0 aliphatic heterocycles. The van der Waals surface area contributed by atoms with Crippen molar-refractivity contribution in [3.63, 3.8) is 0 Å². The first-order valence-electron chi connectivity index (χ1n) is 8.20. The number of benzene rings is 1. The first-order valence-corrected chi connectivity index (χ1v) is 8.20. The predicted octanol–water partition coefficient (Wildman–Crippen LogP) is 4.73. The van der Waals surface area contributed by atoms with Crippen LogP contribution in [0.1, 0.15) is 65.4 Å². The standard InChI is InChI=1S/C19H31NO/c1-16(15-17-11-7-5-8-12-17)20-18(21)13-9-6-10-14-19(2,3)4/h5,7-8,11-12,16H,6,9-10,13-15H2,1-4H3,(H,20,21)/t16-/m0/s1. The second kappa shape index (κ2) is 8.86. The Bertz CT molecular complexity index is 405. The average molecular weight is 289 g/mol. The summed E-state index contributed by atoms with van der Waals surface area (Å²) in [5, 5.41) is 3.10. The first-order chi connectivity index (χ1) is 9.87. The molecule has 0 saturated carbocycles. The van der Waals surface area contributed by atoms with Crippen molar-refractivity contribution in [1.29, 1.82) is 0 Å². The van der Waals surface area contributed by atoms with E-state index >= 15 is 0 Å². The molecule has 1 atom stereocenters. The summed E-state index contributed by atoms with van der Waals surface area (Å²) in [5.41, 5.74) is 1.68. The van der Waals surface area contributed by atoms with E-state index < -0.39 is 0 Å². The normalized spacial score (nSPS) is 13.0. The van der Waals surface area contributed by atoms with Gasteiger partial charge in [-0.05, 0) is 37.2 Å². The van der Waals surface area contributed by atoms with Crippen LogP contribution in [0.4, 0.5) is 0 Å². The minimum absolute atomic E-state index is 0.189. The van der Waals surface area contributed by atoms with Gasteiger partial charge in [0.15, 0.2) is 0 Å². The summed E-state index contributed by atoms with van der Waals surface area (Å²) < 4.78 is 0. The predicted molar refractivity (Wildman–Crippen MR) is 90.3 cm³/mol. The highest BCUT2D eigenvalue weighted by Crippen LogP contribution is 2.22. The van der Waals surface area contributed by atoms with Crippen molar-refractivity contribution in [1.82, 2.24) is 5.32 Å². The van der Waals surface area contributed by atoms with Crippen LogP contribution in [0.5, 0.6) is 0 Å². The molecular weight excluding hydrogens is 258 g/mol. The van der Waals surface area contributed by atoms with Gasteiger partial charge in [-0.3, -0.25) is 4.79 Å². The number of hydrogen-bond acceptors (Lipinski definition) is 1. The van der Waals surface area contributed by atoms with E-state index in [1.807, 2.05) is 18.2 Å². The van der Waals surface area contributed by atoms with Crippen molar-refractivity contribution in [3.05, 3.63) is 35.9 Å². The molecule has 0 bridgehead atoms. The molecule has 0 aliphatic rings. The van der Waals surface area contributed by atoms with Gasteiger partial charge in [-0.2, -0.15) is 0 Å². The van der Waals surface area contributed by atoms with Gasteiger partial charge in [-0.25, -0.2) is 0 Å². The Morgan fingerprint density at radius 3 is 2.38 bits per heavy atom. The zero-order chi connectivity index (χ0) is 15.7. The highest BCUT2D eigenvalue weighted by atomic mass is 16.1. The topological polar surface area (TPSA) is 29.1 Å². The number of nitrogens with one attached hydrogen (secondary N) is 1. The molecule has 1 aromatic carbocycles. The Balaban J connectivity index is 2.13. The van der Waals surface area contributed by atoms with E-state index in [1.165, 1.54) is 18.4 Å². The average Bonchev–Trinajstić information content (AvgIpc) is 2.37. The molecule has 1 rings (SSSR count). The molecule has 1 N–H and O–H groups in total. The van der Waals surface area contributed by atoms with Gasteiger partial charge in [0.2, 0.25) is 5.91 Å². The second-order valence-electron chi connectivity index (χ2n) is 7.28. The molecule has 0 heterocycles. The molecule has 0 spiro atoms. The van der Waals surface area contributed by atoms with Gasteiger partial charge in [0.05, 0.1) is 0 Å². The lowest BCUT2D eigenvalue weighted by atomic mass is 9.89. The summed E-state index contributed by atoms with van der Waals surface area (Å²) >= 11 is 0. The van der Waals surface area contributed by atoms with Gasteiger partial charge < -0.3 is 5.32 Å². The summed E-state index contributed by atoms with van der Waals surface area (Å²) in [4.78, 5) is 11.9. The number of carbonyl (C=O) groups excluding carboxylic acids is 1. The summed E-state index contributed by atoms with van der Waals surface area (Å²) in [6.07, 6.45) is 6.16. The van der Waals surface area contributed by atoms with E-state index in [-0.39, 0.29) is 11.9 Å². The highest BCUT2D eigenvalue weighted by molar-refractivity contribution is 5.76. The molecule has 21 heavy (non-hydrogen) atoms. The van der Waals surface area contributed by atoms with Crippen LogP contribution in [0, 0.1) is 5.41 Å².